The summed E-state index contributed by atoms with van der Waals surface area (Å²) in [7, 11) is 0. The van der Waals surface area contributed by atoms with Crippen molar-refractivity contribution in [3.05, 3.63) is 70.8 Å². The molecule has 0 saturated carbocycles. The van der Waals surface area contributed by atoms with Crippen molar-refractivity contribution in [1.82, 2.24) is 9.97 Å². The Morgan fingerprint density at radius 1 is 0.619 bits per heavy atom. The van der Waals surface area contributed by atoms with Gasteiger partial charge in [-0.25, -0.2) is 0 Å². The Balaban J connectivity index is 1.50. The van der Waals surface area contributed by atoms with E-state index in [4.69, 9.17) is 9.47 Å². The lowest BCUT2D eigenvalue weighted by Gasteiger charge is -2.28. The van der Waals surface area contributed by atoms with Crippen molar-refractivity contribution in [2.24, 2.45) is 0 Å². The van der Waals surface area contributed by atoms with Gasteiger partial charge in [0.1, 0.15) is 34.2 Å². The van der Waals surface area contributed by atoms with Crippen LogP contribution < -0.4 is 9.47 Å². The Morgan fingerprint density at radius 2 is 1.21 bits per heavy atom. The first-order chi connectivity index (χ1) is 19.9. The molecule has 8 rings (SSSR count). The number of aromatic nitrogens is 2. The molecule has 4 N–H and O–H groups in total. The first kappa shape index (κ1) is 24.9. The van der Waals surface area contributed by atoms with E-state index in [0.717, 1.165) is 71.8 Å². The fourth-order valence-corrected chi connectivity index (χ4v) is 6.73. The van der Waals surface area contributed by atoms with Gasteiger partial charge >= 0.3 is 0 Å². The molecule has 42 heavy (non-hydrogen) atoms. The van der Waals surface area contributed by atoms with E-state index in [1.54, 1.807) is 0 Å². The van der Waals surface area contributed by atoms with E-state index in [1.165, 1.54) is 0 Å². The number of hydrogen-bond donors (Lipinski definition) is 4. The summed E-state index contributed by atoms with van der Waals surface area (Å²) in [5, 5.41) is 27.2. The molecule has 4 aromatic carbocycles. The highest BCUT2D eigenvalue weighted by molar-refractivity contribution is 6.23. The second-order valence-electron chi connectivity index (χ2n) is 12.8. The lowest BCUT2D eigenvalue weighted by molar-refractivity contribution is 0.159. The highest BCUT2D eigenvalue weighted by Gasteiger charge is 2.29. The maximum absolute atomic E-state index is 11.7. The lowest BCUT2D eigenvalue weighted by Crippen LogP contribution is -2.27. The number of rotatable bonds is 1. The molecule has 0 aliphatic carbocycles. The summed E-state index contributed by atoms with van der Waals surface area (Å²) in [5.41, 5.74) is 7.30. The Labute approximate surface area is 242 Å². The summed E-state index contributed by atoms with van der Waals surface area (Å²) < 4.78 is 12.5. The topological polar surface area (TPSA) is 90.5 Å². The molecule has 2 aromatic heterocycles. The number of fused-ring (bicyclic) bond motifs is 10. The van der Waals surface area contributed by atoms with E-state index in [2.05, 4.69) is 34.3 Å². The quantitative estimate of drug-likeness (QED) is 0.163. The summed E-state index contributed by atoms with van der Waals surface area (Å²) in [4.78, 5) is 7.20. The SMILES string of the molecule is Cc1cc2c([nH]c3ccc4c(c32)C=CC(C)(C)O4)c(-c2c(O)c(C)cc3[nH]c4c5c(ccc4c23)OC(C)(C)C=C5)c1O. The van der Waals surface area contributed by atoms with Gasteiger partial charge in [0.05, 0.1) is 16.6 Å². The molecule has 2 aliphatic rings. The highest BCUT2D eigenvalue weighted by atomic mass is 16.5. The zero-order valence-corrected chi connectivity index (χ0v) is 24.5. The molecule has 2 aliphatic heterocycles. The van der Waals surface area contributed by atoms with Crippen LogP contribution in [0.5, 0.6) is 23.0 Å². The average Bonchev–Trinajstić information content (AvgIpc) is 3.47. The van der Waals surface area contributed by atoms with Crippen LogP contribution in [0.2, 0.25) is 0 Å². The van der Waals surface area contributed by atoms with Gasteiger partial charge in [-0.3, -0.25) is 0 Å². The summed E-state index contributed by atoms with van der Waals surface area (Å²) in [6, 6.07) is 12.0. The molecule has 0 unspecified atom stereocenters. The number of ether oxygens (including phenoxy) is 2. The van der Waals surface area contributed by atoms with E-state index < -0.39 is 11.2 Å². The zero-order valence-electron chi connectivity index (χ0n) is 24.5. The maximum Gasteiger partial charge on any atom is 0.129 e. The molecule has 0 amide bonds. The van der Waals surface area contributed by atoms with Crippen molar-refractivity contribution < 1.29 is 19.7 Å². The fourth-order valence-electron chi connectivity index (χ4n) is 6.73. The number of hydrogen-bond acceptors (Lipinski definition) is 4. The van der Waals surface area contributed by atoms with E-state index in [9.17, 15) is 10.2 Å². The van der Waals surface area contributed by atoms with Crippen molar-refractivity contribution >= 4 is 55.8 Å². The minimum absolute atomic E-state index is 0.135. The highest BCUT2D eigenvalue weighted by Crippen LogP contribution is 2.52. The third-order valence-corrected chi connectivity index (χ3v) is 8.75. The molecule has 0 bridgehead atoms. The van der Waals surface area contributed by atoms with Gasteiger partial charge in [0.25, 0.3) is 0 Å². The molecule has 0 radical (unpaired) electrons. The first-order valence-electron chi connectivity index (χ1n) is 14.3. The Bertz CT molecular complexity index is 2240. The van der Waals surface area contributed by atoms with Gasteiger partial charge in [0.15, 0.2) is 0 Å². The van der Waals surface area contributed by atoms with Crippen LogP contribution in [0.1, 0.15) is 49.9 Å². The minimum atomic E-state index is -0.393. The number of aromatic amines is 2. The summed E-state index contributed by atoms with van der Waals surface area (Å²) in [6.07, 6.45) is 8.36. The third-order valence-electron chi connectivity index (χ3n) is 8.75. The van der Waals surface area contributed by atoms with Gasteiger partial charge in [0.2, 0.25) is 0 Å². The Hall–Kier alpha value is -4.84. The monoisotopic (exact) mass is 556 g/mol. The van der Waals surface area contributed by atoms with Crippen molar-refractivity contribution in [3.8, 4) is 34.1 Å². The van der Waals surface area contributed by atoms with Crippen LogP contribution in [-0.2, 0) is 0 Å². The molecule has 0 spiro atoms. The summed E-state index contributed by atoms with van der Waals surface area (Å²) in [5.74, 6) is 1.91. The second kappa shape index (κ2) is 7.91. The van der Waals surface area contributed by atoms with Crippen LogP contribution in [0.3, 0.4) is 0 Å². The maximum atomic E-state index is 11.7. The third kappa shape index (κ3) is 3.32. The van der Waals surface area contributed by atoms with Crippen molar-refractivity contribution in [2.45, 2.75) is 52.7 Å². The second-order valence-corrected chi connectivity index (χ2v) is 12.8. The number of H-pyrrole nitrogens is 2. The number of aryl methyl sites for hydroxylation is 2. The van der Waals surface area contributed by atoms with Gasteiger partial charge < -0.3 is 29.7 Å². The predicted molar refractivity (Wildman–Crippen MR) is 171 cm³/mol. The molecule has 4 heterocycles. The molecule has 6 aromatic rings. The van der Waals surface area contributed by atoms with Gasteiger partial charge in [-0.05, 0) is 107 Å². The van der Waals surface area contributed by atoms with E-state index in [0.29, 0.717) is 16.7 Å². The van der Waals surface area contributed by atoms with Crippen LogP contribution in [0.25, 0.3) is 66.9 Å². The number of benzene rings is 4. The van der Waals surface area contributed by atoms with E-state index in [1.807, 2.05) is 77.9 Å². The molecular formula is C36H32N2O4. The number of phenolic OH excluding ortho intramolecular Hbond substituents is 2. The van der Waals surface area contributed by atoms with Gasteiger partial charge in [-0.1, -0.05) is 6.08 Å². The molecule has 0 fully saturated rings. The van der Waals surface area contributed by atoms with Crippen LogP contribution in [0.15, 0.2) is 48.6 Å². The van der Waals surface area contributed by atoms with Crippen LogP contribution in [0.4, 0.5) is 0 Å². The smallest absolute Gasteiger partial charge is 0.129 e. The van der Waals surface area contributed by atoms with Crippen molar-refractivity contribution in [3.63, 3.8) is 0 Å². The van der Waals surface area contributed by atoms with Gasteiger partial charge in [-0.15, -0.1) is 0 Å². The Kier molecular flexibility index (Phi) is 4.69. The largest absolute Gasteiger partial charge is 0.507 e. The minimum Gasteiger partial charge on any atom is -0.507 e. The summed E-state index contributed by atoms with van der Waals surface area (Å²) >= 11 is 0. The van der Waals surface area contributed by atoms with Gasteiger partial charge in [0, 0.05) is 49.3 Å². The lowest BCUT2D eigenvalue weighted by atomic mass is 9.91. The standard InChI is InChI=1S/C36H32N2O4/c1-17-15-22-27-19-11-13-35(3,4)41-25(19)10-8-23(27)37-32(22)30(34(17)40)29-28-21-7-9-26-20(12-14-36(5,6)42-26)31(21)38-24(28)16-18(2)33(29)39/h7-16,37-40H,1-6H3. The number of aromatic hydroxyl groups is 2. The number of nitrogens with one attached hydrogen (secondary N) is 2. The predicted octanol–water partition coefficient (Wildman–Crippen LogP) is 9.02. The van der Waals surface area contributed by atoms with E-state index >= 15 is 0 Å². The van der Waals surface area contributed by atoms with Crippen LogP contribution in [-0.4, -0.2) is 31.4 Å². The molecular weight excluding hydrogens is 524 g/mol. The summed E-state index contributed by atoms with van der Waals surface area (Å²) in [6.45, 7) is 11.9. The zero-order chi connectivity index (χ0) is 29.3. The molecule has 6 heteroatoms. The van der Waals surface area contributed by atoms with Crippen molar-refractivity contribution in [1.29, 1.82) is 0 Å². The molecule has 0 saturated heterocycles. The van der Waals surface area contributed by atoms with Crippen LogP contribution >= 0.6 is 0 Å². The fraction of sp³-hybridized carbons (Fsp3) is 0.222. The van der Waals surface area contributed by atoms with Crippen molar-refractivity contribution in [2.75, 3.05) is 0 Å². The van der Waals surface area contributed by atoms with Gasteiger partial charge in [-0.2, -0.15) is 0 Å². The first-order valence-corrected chi connectivity index (χ1v) is 14.3. The molecule has 210 valence electrons. The molecule has 6 nitrogen and oxygen atoms in total. The van der Waals surface area contributed by atoms with Crippen LogP contribution in [0, 0.1) is 13.8 Å². The normalized spacial score (nSPS) is 16.6. The van der Waals surface area contributed by atoms with E-state index in [-0.39, 0.29) is 11.5 Å². The average molecular weight is 557 g/mol. The molecule has 0 atom stereocenters. The Morgan fingerprint density at radius 3 is 1.95 bits per heavy atom. The number of phenols is 2.